The van der Waals surface area contributed by atoms with Crippen molar-refractivity contribution < 1.29 is 23.1 Å². The van der Waals surface area contributed by atoms with Crippen LogP contribution >= 0.6 is 0 Å². The Morgan fingerprint density at radius 1 is 0.967 bits per heavy atom. The summed E-state index contributed by atoms with van der Waals surface area (Å²) in [5.74, 6) is 0.244. The minimum absolute atomic E-state index is 0.317. The van der Waals surface area contributed by atoms with Crippen LogP contribution in [0.1, 0.15) is 12.5 Å². The average Bonchev–Trinajstić information content (AvgIpc) is 2.69. The van der Waals surface area contributed by atoms with E-state index in [2.05, 4.69) is 0 Å². The molecule has 1 N–H and O–H groups in total. The lowest BCUT2D eigenvalue weighted by Gasteiger charge is -2.27. The Balaban J connectivity index is 1.88. The van der Waals surface area contributed by atoms with Crippen molar-refractivity contribution in [2.45, 2.75) is 19.9 Å². The van der Waals surface area contributed by atoms with Gasteiger partial charge in [-0.1, -0.05) is 36.4 Å². The molecule has 6 nitrogen and oxygen atoms in total. The number of carboxylic acid groups (broad SMARTS) is 1. The van der Waals surface area contributed by atoms with Crippen LogP contribution in [0, 0.1) is 6.92 Å². The Labute approximate surface area is 176 Å². The number of aryl methyl sites for hydroxylation is 1. The number of benzene rings is 3. The van der Waals surface area contributed by atoms with Gasteiger partial charge in [0.1, 0.15) is 17.5 Å². The van der Waals surface area contributed by atoms with Gasteiger partial charge in [-0.15, -0.1) is 0 Å². The molecule has 3 aromatic carbocycles. The predicted molar refractivity (Wildman–Crippen MR) is 118 cm³/mol. The molecule has 0 aliphatic carbocycles. The van der Waals surface area contributed by atoms with Gasteiger partial charge in [-0.3, -0.25) is 4.31 Å². The second kappa shape index (κ2) is 8.59. The van der Waals surface area contributed by atoms with E-state index in [0.29, 0.717) is 11.4 Å². The van der Waals surface area contributed by atoms with Crippen LogP contribution in [0.4, 0.5) is 5.69 Å². The lowest BCUT2D eigenvalue weighted by molar-refractivity contribution is -0.137. The van der Waals surface area contributed by atoms with Gasteiger partial charge < -0.3 is 9.84 Å². The molecule has 0 aliphatic heterocycles. The van der Waals surface area contributed by atoms with E-state index in [1.807, 2.05) is 61.5 Å². The van der Waals surface area contributed by atoms with Crippen LogP contribution in [0.5, 0.6) is 11.5 Å². The molecule has 0 saturated carbocycles. The van der Waals surface area contributed by atoms with E-state index < -0.39 is 22.0 Å². The van der Waals surface area contributed by atoms with Crippen LogP contribution in [-0.2, 0) is 14.8 Å². The number of anilines is 1. The molecule has 156 valence electrons. The molecule has 0 fully saturated rings. The first-order valence-electron chi connectivity index (χ1n) is 9.33. The minimum Gasteiger partial charge on any atom is -0.480 e. The topological polar surface area (TPSA) is 83.9 Å². The Morgan fingerprint density at radius 3 is 2.10 bits per heavy atom. The third-order valence-electron chi connectivity index (χ3n) is 4.68. The van der Waals surface area contributed by atoms with Gasteiger partial charge in [0.15, 0.2) is 0 Å². The number of hydrogen-bond donors (Lipinski definition) is 1. The molecule has 0 spiro atoms. The molecule has 1 atom stereocenters. The maximum atomic E-state index is 12.2. The fourth-order valence-electron chi connectivity index (χ4n) is 3.24. The van der Waals surface area contributed by atoms with E-state index in [0.717, 1.165) is 33.0 Å². The first-order chi connectivity index (χ1) is 14.2. The number of nitrogens with zero attached hydrogens (tertiary/aromatic N) is 1. The Kier molecular flexibility index (Phi) is 6.12. The number of hydrogen-bond acceptors (Lipinski definition) is 4. The highest BCUT2D eigenvalue weighted by Crippen LogP contribution is 2.31. The van der Waals surface area contributed by atoms with Crippen LogP contribution in [-0.4, -0.2) is 31.8 Å². The molecular formula is C23H23NO5S. The quantitative estimate of drug-likeness (QED) is 0.593. The van der Waals surface area contributed by atoms with Crippen LogP contribution in [0.2, 0.25) is 0 Å². The van der Waals surface area contributed by atoms with Crippen LogP contribution < -0.4 is 9.04 Å². The summed E-state index contributed by atoms with van der Waals surface area (Å²) in [6.07, 6.45) is 1.00. The maximum Gasteiger partial charge on any atom is 0.327 e. The SMILES string of the molecule is Cc1cc(N([C@@H](C)C(=O)O)S(C)(=O)=O)ccc1-c1ccc(Oc2ccccc2)cc1. The molecule has 0 aliphatic rings. The van der Waals surface area contributed by atoms with Gasteiger partial charge in [0, 0.05) is 0 Å². The van der Waals surface area contributed by atoms with Crippen LogP contribution in [0.3, 0.4) is 0 Å². The van der Waals surface area contributed by atoms with Crippen molar-refractivity contribution in [1.82, 2.24) is 0 Å². The number of rotatable bonds is 7. The zero-order valence-corrected chi connectivity index (χ0v) is 17.8. The van der Waals surface area contributed by atoms with E-state index in [-0.39, 0.29) is 0 Å². The largest absolute Gasteiger partial charge is 0.480 e. The molecular weight excluding hydrogens is 402 g/mol. The van der Waals surface area contributed by atoms with Crippen molar-refractivity contribution in [1.29, 1.82) is 0 Å². The molecule has 3 aromatic rings. The molecule has 0 heterocycles. The Morgan fingerprint density at radius 2 is 1.57 bits per heavy atom. The van der Waals surface area contributed by atoms with Gasteiger partial charge >= 0.3 is 5.97 Å². The normalized spacial score (nSPS) is 12.2. The molecule has 30 heavy (non-hydrogen) atoms. The van der Waals surface area contributed by atoms with Crippen molar-refractivity contribution >= 4 is 21.7 Å². The third-order valence-corrected chi connectivity index (χ3v) is 5.92. The van der Waals surface area contributed by atoms with Crippen molar-refractivity contribution in [3.05, 3.63) is 78.4 Å². The van der Waals surface area contributed by atoms with E-state index in [1.165, 1.54) is 6.92 Å². The van der Waals surface area contributed by atoms with Crippen molar-refractivity contribution in [2.75, 3.05) is 10.6 Å². The van der Waals surface area contributed by atoms with Crippen molar-refractivity contribution in [3.8, 4) is 22.6 Å². The summed E-state index contributed by atoms with van der Waals surface area (Å²) in [7, 11) is -3.76. The molecule has 0 amide bonds. The number of aliphatic carboxylic acids is 1. The van der Waals surface area contributed by atoms with Gasteiger partial charge in [-0.2, -0.15) is 0 Å². The molecule has 0 aromatic heterocycles. The summed E-state index contributed by atoms with van der Waals surface area (Å²) in [6.45, 7) is 3.21. The van der Waals surface area contributed by atoms with Gasteiger partial charge in [0.05, 0.1) is 11.9 Å². The Bertz CT molecular complexity index is 1140. The van der Waals surface area contributed by atoms with Gasteiger partial charge in [-0.25, -0.2) is 13.2 Å². The molecule has 0 radical (unpaired) electrons. The highest BCUT2D eigenvalue weighted by molar-refractivity contribution is 7.92. The van der Waals surface area contributed by atoms with Gasteiger partial charge in [0.25, 0.3) is 0 Å². The second-order valence-electron chi connectivity index (χ2n) is 7.01. The lowest BCUT2D eigenvalue weighted by atomic mass is 10.00. The number of para-hydroxylation sites is 1. The van der Waals surface area contributed by atoms with Crippen LogP contribution in [0.15, 0.2) is 72.8 Å². The van der Waals surface area contributed by atoms with E-state index in [4.69, 9.17) is 4.74 Å². The molecule has 0 unspecified atom stereocenters. The van der Waals surface area contributed by atoms with Gasteiger partial charge in [0.2, 0.25) is 10.0 Å². The summed E-state index contributed by atoms with van der Waals surface area (Å²) in [4.78, 5) is 11.4. The maximum absolute atomic E-state index is 12.2. The average molecular weight is 426 g/mol. The summed E-state index contributed by atoms with van der Waals surface area (Å²) in [5, 5.41) is 9.29. The fraction of sp³-hybridized carbons (Fsp3) is 0.174. The van der Waals surface area contributed by atoms with E-state index in [9.17, 15) is 18.3 Å². The van der Waals surface area contributed by atoms with E-state index in [1.54, 1.807) is 18.2 Å². The van der Waals surface area contributed by atoms with E-state index >= 15 is 0 Å². The van der Waals surface area contributed by atoms with Gasteiger partial charge in [-0.05, 0) is 66.9 Å². The highest BCUT2D eigenvalue weighted by atomic mass is 32.2. The smallest absolute Gasteiger partial charge is 0.327 e. The lowest BCUT2D eigenvalue weighted by Crippen LogP contribution is -2.42. The summed E-state index contributed by atoms with van der Waals surface area (Å²) in [6, 6.07) is 21.0. The molecule has 0 bridgehead atoms. The Hall–Kier alpha value is -3.32. The predicted octanol–water partition coefficient (Wildman–Crippen LogP) is 4.69. The zero-order valence-electron chi connectivity index (χ0n) is 16.9. The minimum atomic E-state index is -3.76. The monoisotopic (exact) mass is 425 g/mol. The summed E-state index contributed by atoms with van der Waals surface area (Å²) < 4.78 is 31.1. The van der Waals surface area contributed by atoms with Crippen molar-refractivity contribution in [3.63, 3.8) is 0 Å². The fourth-order valence-corrected chi connectivity index (χ4v) is 4.40. The first kappa shape index (κ1) is 21.4. The molecule has 7 heteroatoms. The highest BCUT2D eigenvalue weighted by Gasteiger charge is 2.29. The third kappa shape index (κ3) is 4.80. The number of carboxylic acids is 1. The number of ether oxygens (including phenoxy) is 1. The zero-order chi connectivity index (χ0) is 21.9. The van der Waals surface area contributed by atoms with Crippen molar-refractivity contribution in [2.24, 2.45) is 0 Å². The molecule has 0 saturated heterocycles. The number of carbonyl (C=O) groups is 1. The number of sulfonamides is 1. The first-order valence-corrected chi connectivity index (χ1v) is 11.2. The summed E-state index contributed by atoms with van der Waals surface area (Å²) >= 11 is 0. The summed E-state index contributed by atoms with van der Waals surface area (Å²) in [5.41, 5.74) is 3.01. The standard InChI is InChI=1S/C23H23NO5S/c1-16-15-19(24(30(3,27)28)17(2)23(25)26)11-14-22(16)18-9-12-21(13-10-18)29-20-7-5-4-6-8-20/h4-15,17H,1-3H3,(H,25,26)/t17-/m0/s1. The second-order valence-corrected chi connectivity index (χ2v) is 8.87. The molecule has 3 rings (SSSR count). The van der Waals surface area contributed by atoms with Crippen LogP contribution in [0.25, 0.3) is 11.1 Å².